The van der Waals surface area contributed by atoms with Crippen LogP contribution in [0.15, 0.2) is 69.9 Å². The van der Waals surface area contributed by atoms with Crippen molar-refractivity contribution in [3.63, 3.8) is 0 Å². The standard InChI is InChI=1S/C35H34N8O7/c1-41(17-27-29(49-3)11-19(12-30(27)50-4)26-18-42(2)33(46)25-15-37-10-9-22(25)26)16-21(40-36)14-38-20-5-6-23-24(13-20)35(48)43(34(23)47)28-7-8-31(44)39-32(28)45/h5-6,9-15,18,28H,7-8,16-17,36H2,1-4H3,(H,39,44,45)/b38-14?,40-21+. The van der Waals surface area contributed by atoms with Crippen LogP contribution in [0.25, 0.3) is 21.9 Å². The Balaban J connectivity index is 1.19. The summed E-state index contributed by atoms with van der Waals surface area (Å²) in [5.74, 6) is 4.53. The fourth-order valence-electron chi connectivity index (χ4n) is 6.24. The third kappa shape index (κ3) is 6.21. The summed E-state index contributed by atoms with van der Waals surface area (Å²) in [5, 5.41) is 7.32. The van der Waals surface area contributed by atoms with Crippen LogP contribution in [0.1, 0.15) is 39.1 Å². The Morgan fingerprint density at radius 2 is 1.74 bits per heavy atom. The number of nitrogens with zero attached hydrogens (tertiary/aromatic N) is 6. The van der Waals surface area contributed by atoms with Crippen molar-refractivity contribution in [2.75, 3.05) is 27.8 Å². The van der Waals surface area contributed by atoms with Gasteiger partial charge in [-0.2, -0.15) is 5.10 Å². The SMILES string of the molecule is COc1cc(-c2cn(C)c(=O)c3cnccc23)cc(OC)c1CN(C)C/C(C=Nc1ccc2c(c1)C(=O)N(C1CCC(=O)NC1=O)C2=O)=N/N. The lowest BCUT2D eigenvalue weighted by atomic mass is 9.99. The van der Waals surface area contributed by atoms with E-state index in [1.807, 2.05) is 24.1 Å². The second-order valence-electron chi connectivity index (χ2n) is 12.0. The minimum atomic E-state index is -1.06. The number of benzene rings is 2. The molecule has 15 heteroatoms. The molecule has 1 atom stereocenters. The molecule has 1 fully saturated rings. The van der Waals surface area contributed by atoms with Gasteiger partial charge in [0.1, 0.15) is 17.5 Å². The van der Waals surface area contributed by atoms with Crippen LogP contribution < -0.4 is 26.2 Å². The average Bonchev–Trinajstić information content (AvgIpc) is 3.36. The maximum absolute atomic E-state index is 13.2. The number of aryl methyl sites for hydroxylation is 1. The Morgan fingerprint density at radius 3 is 2.42 bits per heavy atom. The molecule has 50 heavy (non-hydrogen) atoms. The molecule has 6 rings (SSSR count). The van der Waals surface area contributed by atoms with Crippen molar-refractivity contribution in [1.29, 1.82) is 0 Å². The molecule has 256 valence electrons. The molecule has 0 saturated carbocycles. The van der Waals surface area contributed by atoms with Crippen LogP contribution in [0.2, 0.25) is 0 Å². The number of imide groups is 2. The maximum Gasteiger partial charge on any atom is 0.262 e. The highest BCUT2D eigenvalue weighted by molar-refractivity contribution is 6.32. The van der Waals surface area contributed by atoms with Gasteiger partial charge in [0.25, 0.3) is 17.4 Å². The van der Waals surface area contributed by atoms with E-state index < -0.39 is 29.7 Å². The number of aliphatic imine (C=N–C) groups is 1. The second-order valence-corrected chi connectivity index (χ2v) is 12.0. The molecule has 0 bridgehead atoms. The van der Waals surface area contributed by atoms with Gasteiger partial charge in [0.05, 0.1) is 53.9 Å². The second kappa shape index (κ2) is 13.7. The van der Waals surface area contributed by atoms with E-state index in [0.717, 1.165) is 27.0 Å². The lowest BCUT2D eigenvalue weighted by Gasteiger charge is -2.27. The monoisotopic (exact) mass is 678 g/mol. The van der Waals surface area contributed by atoms with Crippen molar-refractivity contribution in [1.82, 2.24) is 24.7 Å². The molecule has 4 aromatic rings. The number of hydrazone groups is 1. The first-order chi connectivity index (χ1) is 24.0. The van der Waals surface area contributed by atoms with Crippen LogP contribution in [-0.2, 0) is 23.2 Å². The molecule has 0 aliphatic carbocycles. The zero-order valence-electron chi connectivity index (χ0n) is 27.8. The van der Waals surface area contributed by atoms with E-state index in [0.29, 0.717) is 34.8 Å². The van der Waals surface area contributed by atoms with Gasteiger partial charge < -0.3 is 19.9 Å². The molecule has 1 saturated heterocycles. The summed E-state index contributed by atoms with van der Waals surface area (Å²) in [6.07, 6.45) is 6.54. The van der Waals surface area contributed by atoms with Gasteiger partial charge in [0.15, 0.2) is 0 Å². The van der Waals surface area contributed by atoms with E-state index >= 15 is 0 Å². The average molecular weight is 679 g/mol. The molecular weight excluding hydrogens is 644 g/mol. The van der Waals surface area contributed by atoms with Gasteiger partial charge in [-0.15, -0.1) is 0 Å². The summed E-state index contributed by atoms with van der Waals surface area (Å²) in [4.78, 5) is 74.3. The minimum Gasteiger partial charge on any atom is -0.496 e. The summed E-state index contributed by atoms with van der Waals surface area (Å²) in [6, 6.07) is 9.07. The first kappa shape index (κ1) is 33.7. The highest BCUT2D eigenvalue weighted by atomic mass is 16.5. The van der Waals surface area contributed by atoms with Gasteiger partial charge in [0.2, 0.25) is 11.8 Å². The van der Waals surface area contributed by atoms with Crippen LogP contribution in [-0.4, -0.2) is 88.8 Å². The van der Waals surface area contributed by atoms with Crippen LogP contribution >= 0.6 is 0 Å². The van der Waals surface area contributed by atoms with E-state index in [1.165, 1.54) is 22.9 Å². The number of hydrogen-bond donors (Lipinski definition) is 2. The number of ether oxygens (including phenoxy) is 2. The largest absolute Gasteiger partial charge is 0.496 e. The number of rotatable bonds is 10. The zero-order chi connectivity index (χ0) is 35.7. The first-order valence-electron chi connectivity index (χ1n) is 15.6. The Hall–Kier alpha value is -6.22. The van der Waals surface area contributed by atoms with E-state index in [-0.39, 0.29) is 36.1 Å². The van der Waals surface area contributed by atoms with Gasteiger partial charge in [-0.25, -0.2) is 0 Å². The number of amides is 4. The van der Waals surface area contributed by atoms with Gasteiger partial charge >= 0.3 is 0 Å². The number of aromatic nitrogens is 2. The summed E-state index contributed by atoms with van der Waals surface area (Å²) < 4.78 is 13.1. The molecule has 2 aliphatic heterocycles. The van der Waals surface area contributed by atoms with Crippen molar-refractivity contribution in [2.45, 2.75) is 25.4 Å². The van der Waals surface area contributed by atoms with Crippen LogP contribution in [0, 0.1) is 0 Å². The van der Waals surface area contributed by atoms with E-state index in [4.69, 9.17) is 15.3 Å². The van der Waals surface area contributed by atoms with Gasteiger partial charge in [-0.05, 0) is 60.8 Å². The number of methoxy groups -OCH3 is 2. The lowest BCUT2D eigenvalue weighted by molar-refractivity contribution is -0.136. The van der Waals surface area contributed by atoms with E-state index in [2.05, 4.69) is 20.4 Å². The van der Waals surface area contributed by atoms with Gasteiger partial charge in [-0.3, -0.25) is 49.1 Å². The number of fused-ring (bicyclic) bond motifs is 2. The molecule has 3 N–H and O–H groups in total. The summed E-state index contributed by atoms with van der Waals surface area (Å²) >= 11 is 0. The first-order valence-corrected chi connectivity index (χ1v) is 15.6. The molecule has 2 aromatic carbocycles. The van der Waals surface area contributed by atoms with Gasteiger partial charge in [-0.1, -0.05) is 0 Å². The highest BCUT2D eigenvalue weighted by Gasteiger charge is 2.44. The predicted octanol–water partition coefficient (Wildman–Crippen LogP) is 2.17. The predicted molar refractivity (Wildman–Crippen MR) is 185 cm³/mol. The number of pyridine rings is 2. The highest BCUT2D eigenvalue weighted by Crippen LogP contribution is 2.38. The van der Waals surface area contributed by atoms with E-state index in [1.54, 1.807) is 52.0 Å². The van der Waals surface area contributed by atoms with Crippen molar-refractivity contribution >= 4 is 52.0 Å². The fraction of sp³-hybridized carbons (Fsp3) is 0.257. The molecule has 2 aliphatic rings. The zero-order valence-corrected chi connectivity index (χ0v) is 27.8. The molecule has 0 radical (unpaired) electrons. The number of hydrogen-bond acceptors (Lipinski definition) is 12. The van der Waals surface area contributed by atoms with Crippen LogP contribution in [0.4, 0.5) is 5.69 Å². The molecule has 4 amide bonds. The Morgan fingerprint density at radius 1 is 1.02 bits per heavy atom. The Labute approximate surface area is 286 Å². The topological polar surface area (TPSA) is 191 Å². The normalized spacial score (nSPS) is 16.5. The molecule has 4 heterocycles. The number of nitrogens with one attached hydrogen (secondary N) is 1. The molecule has 0 spiro atoms. The summed E-state index contributed by atoms with van der Waals surface area (Å²) in [6.45, 7) is 0.654. The molecule has 15 nitrogen and oxygen atoms in total. The number of piperidine rings is 1. The quantitative estimate of drug-likeness (QED) is 0.109. The molecule has 1 unspecified atom stereocenters. The number of carbonyl (C=O) groups excluding carboxylic acids is 4. The number of carbonyl (C=O) groups is 4. The van der Waals surface area contributed by atoms with Crippen molar-refractivity contribution in [3.8, 4) is 22.6 Å². The van der Waals surface area contributed by atoms with Crippen molar-refractivity contribution in [3.05, 3.63) is 82.0 Å². The fourth-order valence-corrected chi connectivity index (χ4v) is 6.24. The summed E-state index contributed by atoms with van der Waals surface area (Å²) in [7, 11) is 6.70. The van der Waals surface area contributed by atoms with Crippen LogP contribution in [0.3, 0.4) is 0 Å². The molecular formula is C35H34N8O7. The van der Waals surface area contributed by atoms with E-state index in [9.17, 15) is 24.0 Å². The molecule has 2 aromatic heterocycles. The van der Waals surface area contributed by atoms with Crippen molar-refractivity contribution < 1.29 is 28.7 Å². The third-order valence-electron chi connectivity index (χ3n) is 8.72. The Kier molecular flexibility index (Phi) is 9.24. The maximum atomic E-state index is 13.2. The van der Waals surface area contributed by atoms with Gasteiger partial charge in [0, 0.05) is 50.7 Å². The Bertz CT molecular complexity index is 2170. The third-order valence-corrected chi connectivity index (χ3v) is 8.72. The smallest absolute Gasteiger partial charge is 0.262 e. The summed E-state index contributed by atoms with van der Waals surface area (Å²) in [5.41, 5.74) is 3.29. The van der Waals surface area contributed by atoms with Crippen molar-refractivity contribution in [2.24, 2.45) is 23.0 Å². The minimum absolute atomic E-state index is 0.0340. The number of nitrogens with two attached hydrogens (primary N) is 1. The van der Waals surface area contributed by atoms with Crippen LogP contribution in [0.5, 0.6) is 11.5 Å². The lowest BCUT2D eigenvalue weighted by Crippen LogP contribution is -2.54.